The van der Waals surface area contributed by atoms with Crippen molar-refractivity contribution in [1.82, 2.24) is 10.6 Å². The number of nitrogens with zero attached hydrogens (tertiary/aromatic N) is 1. The van der Waals surface area contributed by atoms with E-state index in [0.717, 1.165) is 75.0 Å². The number of methoxy groups -OCH3 is 1. The van der Waals surface area contributed by atoms with Crippen LogP contribution in [0.1, 0.15) is 57.9 Å². The largest absolute Gasteiger partial charge is 0.493 e. The topological polar surface area (TPSA) is 64.1 Å². The number of benzene rings is 1. The van der Waals surface area contributed by atoms with Crippen LogP contribution in [0.3, 0.4) is 0 Å². The van der Waals surface area contributed by atoms with Crippen LogP contribution in [0.2, 0.25) is 0 Å². The zero-order valence-corrected chi connectivity index (χ0v) is 20.5. The highest BCUT2D eigenvalue weighted by Crippen LogP contribution is 2.32. The molecule has 0 bridgehead atoms. The maximum Gasteiger partial charge on any atom is 0.191 e. The molecule has 29 heavy (non-hydrogen) atoms. The molecule has 0 heterocycles. The van der Waals surface area contributed by atoms with E-state index in [1.54, 1.807) is 7.11 Å². The summed E-state index contributed by atoms with van der Waals surface area (Å²) in [5, 5.41) is 6.69. The molecule has 2 rings (SSSR count). The van der Waals surface area contributed by atoms with E-state index in [-0.39, 0.29) is 24.0 Å². The van der Waals surface area contributed by atoms with Gasteiger partial charge in [0.2, 0.25) is 0 Å². The van der Waals surface area contributed by atoms with Gasteiger partial charge in [-0.15, -0.1) is 24.0 Å². The Hall–Kier alpha value is -1.22. The lowest BCUT2D eigenvalue weighted by atomic mass is 10.2. The summed E-state index contributed by atoms with van der Waals surface area (Å²) >= 11 is 0. The first-order valence-corrected chi connectivity index (χ1v) is 10.7. The van der Waals surface area contributed by atoms with Crippen LogP contribution in [0.15, 0.2) is 23.2 Å². The fourth-order valence-corrected chi connectivity index (χ4v) is 3.29. The minimum Gasteiger partial charge on any atom is -0.493 e. The molecule has 0 amide bonds. The second-order valence-corrected chi connectivity index (χ2v) is 7.04. The van der Waals surface area contributed by atoms with Gasteiger partial charge in [-0.2, -0.15) is 0 Å². The number of hydrogen-bond acceptors (Lipinski definition) is 4. The van der Waals surface area contributed by atoms with E-state index in [4.69, 9.17) is 19.2 Å². The van der Waals surface area contributed by atoms with Crippen LogP contribution < -0.4 is 20.1 Å². The molecule has 6 nitrogen and oxygen atoms in total. The number of unbranched alkanes of at least 4 members (excludes halogenated alkanes) is 1. The number of ether oxygens (including phenoxy) is 3. The third kappa shape index (κ3) is 9.89. The summed E-state index contributed by atoms with van der Waals surface area (Å²) in [6.07, 6.45) is 7.18. The molecule has 2 N–H and O–H groups in total. The lowest BCUT2D eigenvalue weighted by Gasteiger charge is -2.17. The Morgan fingerprint density at radius 3 is 2.59 bits per heavy atom. The molecule has 0 saturated heterocycles. The first-order chi connectivity index (χ1) is 13.8. The van der Waals surface area contributed by atoms with Crippen molar-refractivity contribution in [3.63, 3.8) is 0 Å². The van der Waals surface area contributed by atoms with Crippen LogP contribution >= 0.6 is 24.0 Å². The Morgan fingerprint density at radius 2 is 1.90 bits per heavy atom. The number of rotatable bonds is 12. The molecule has 166 valence electrons. The third-order valence-electron chi connectivity index (χ3n) is 4.80. The van der Waals surface area contributed by atoms with E-state index in [1.165, 1.54) is 12.8 Å². The summed E-state index contributed by atoms with van der Waals surface area (Å²) in [6.45, 7) is 8.03. The van der Waals surface area contributed by atoms with Crippen LogP contribution in [0, 0.1) is 0 Å². The van der Waals surface area contributed by atoms with E-state index in [2.05, 4.69) is 29.7 Å². The standard InChI is InChI=1S/C22H37N3O3.HI/c1-4-23-22(24-14-8-9-15-27-5-2)25-17-18-12-13-20(26-3)21(16-18)28-19-10-6-7-11-19;/h12-13,16,19H,4-11,14-15,17H2,1-3H3,(H2,23,24,25);1H. The summed E-state index contributed by atoms with van der Waals surface area (Å²) in [6, 6.07) is 6.09. The van der Waals surface area contributed by atoms with Gasteiger partial charge < -0.3 is 24.8 Å². The molecular weight excluding hydrogens is 481 g/mol. The van der Waals surface area contributed by atoms with Crippen molar-refractivity contribution in [2.75, 3.05) is 33.4 Å². The molecular formula is C22H38IN3O3. The van der Waals surface area contributed by atoms with Crippen molar-refractivity contribution in [3.05, 3.63) is 23.8 Å². The second-order valence-electron chi connectivity index (χ2n) is 7.04. The first kappa shape index (κ1) is 25.8. The van der Waals surface area contributed by atoms with Gasteiger partial charge in [0.15, 0.2) is 17.5 Å². The number of hydrogen-bond donors (Lipinski definition) is 2. The van der Waals surface area contributed by atoms with Crippen molar-refractivity contribution in [2.24, 2.45) is 4.99 Å². The molecule has 0 aliphatic heterocycles. The lowest BCUT2D eigenvalue weighted by Crippen LogP contribution is -2.37. The Kier molecular flexibility index (Phi) is 13.9. The highest BCUT2D eigenvalue weighted by atomic mass is 127. The Bertz CT molecular complexity index is 593. The van der Waals surface area contributed by atoms with Gasteiger partial charge in [-0.1, -0.05) is 6.07 Å². The van der Waals surface area contributed by atoms with Crippen molar-refractivity contribution >= 4 is 29.9 Å². The summed E-state index contributed by atoms with van der Waals surface area (Å²) in [5.74, 6) is 2.46. The van der Waals surface area contributed by atoms with Gasteiger partial charge in [0.25, 0.3) is 0 Å². The molecule has 0 unspecified atom stereocenters. The summed E-state index contributed by atoms with van der Waals surface area (Å²) in [4.78, 5) is 4.71. The van der Waals surface area contributed by atoms with Gasteiger partial charge in [-0.05, 0) is 70.1 Å². The molecule has 0 aromatic heterocycles. The lowest BCUT2D eigenvalue weighted by molar-refractivity contribution is 0.143. The fourth-order valence-electron chi connectivity index (χ4n) is 3.29. The molecule has 1 saturated carbocycles. The van der Waals surface area contributed by atoms with Crippen molar-refractivity contribution in [1.29, 1.82) is 0 Å². The van der Waals surface area contributed by atoms with Gasteiger partial charge in [-0.3, -0.25) is 0 Å². The molecule has 1 aliphatic carbocycles. The first-order valence-electron chi connectivity index (χ1n) is 10.7. The van der Waals surface area contributed by atoms with E-state index < -0.39 is 0 Å². The zero-order valence-electron chi connectivity index (χ0n) is 18.2. The predicted octanol–water partition coefficient (Wildman–Crippen LogP) is 4.51. The second kappa shape index (κ2) is 15.6. The van der Waals surface area contributed by atoms with Crippen LogP contribution in [0.5, 0.6) is 11.5 Å². The molecule has 1 fully saturated rings. The number of aliphatic imine (C=N–C) groups is 1. The monoisotopic (exact) mass is 519 g/mol. The van der Waals surface area contributed by atoms with Gasteiger partial charge in [-0.25, -0.2) is 4.99 Å². The smallest absolute Gasteiger partial charge is 0.191 e. The minimum absolute atomic E-state index is 0. The van der Waals surface area contributed by atoms with Gasteiger partial charge in [0.05, 0.1) is 19.8 Å². The SMILES string of the molecule is CCNC(=NCc1ccc(OC)c(OC2CCCC2)c1)NCCCCOCC.I. The summed E-state index contributed by atoms with van der Waals surface area (Å²) in [5.41, 5.74) is 1.11. The molecule has 0 atom stereocenters. The molecule has 0 spiro atoms. The van der Waals surface area contributed by atoms with Crippen molar-refractivity contribution < 1.29 is 14.2 Å². The molecule has 1 aliphatic rings. The Labute approximate surface area is 193 Å². The molecule has 1 aromatic carbocycles. The zero-order chi connectivity index (χ0) is 20.0. The van der Waals surface area contributed by atoms with Gasteiger partial charge in [0, 0.05) is 26.3 Å². The molecule has 7 heteroatoms. The Balaban J connectivity index is 0.00000420. The van der Waals surface area contributed by atoms with E-state index in [9.17, 15) is 0 Å². The third-order valence-corrected chi connectivity index (χ3v) is 4.80. The number of guanidine groups is 1. The summed E-state index contributed by atoms with van der Waals surface area (Å²) in [7, 11) is 1.69. The normalized spacial score (nSPS) is 14.4. The highest BCUT2D eigenvalue weighted by molar-refractivity contribution is 14.0. The summed E-state index contributed by atoms with van der Waals surface area (Å²) < 4.78 is 17.0. The van der Waals surface area contributed by atoms with Crippen LogP contribution in [0.4, 0.5) is 0 Å². The van der Waals surface area contributed by atoms with Crippen LogP contribution in [-0.2, 0) is 11.3 Å². The number of halogens is 1. The minimum atomic E-state index is 0. The van der Waals surface area contributed by atoms with Gasteiger partial charge in [0.1, 0.15) is 0 Å². The van der Waals surface area contributed by atoms with Gasteiger partial charge >= 0.3 is 0 Å². The quantitative estimate of drug-likeness (QED) is 0.184. The van der Waals surface area contributed by atoms with Crippen molar-refractivity contribution in [3.8, 4) is 11.5 Å². The Morgan fingerprint density at radius 1 is 1.10 bits per heavy atom. The molecule has 1 aromatic rings. The van der Waals surface area contributed by atoms with Crippen molar-refractivity contribution in [2.45, 2.75) is 65.0 Å². The van der Waals surface area contributed by atoms with E-state index in [1.807, 2.05) is 13.0 Å². The maximum absolute atomic E-state index is 6.19. The molecule has 0 radical (unpaired) electrons. The van der Waals surface area contributed by atoms with Crippen LogP contribution in [-0.4, -0.2) is 45.5 Å². The average Bonchev–Trinajstić information content (AvgIpc) is 3.22. The number of nitrogens with one attached hydrogen (secondary N) is 2. The maximum atomic E-state index is 6.19. The highest BCUT2D eigenvalue weighted by Gasteiger charge is 2.18. The van der Waals surface area contributed by atoms with E-state index in [0.29, 0.717) is 12.6 Å². The predicted molar refractivity (Wildman–Crippen MR) is 130 cm³/mol. The fraction of sp³-hybridized carbons (Fsp3) is 0.682. The van der Waals surface area contributed by atoms with Crippen LogP contribution in [0.25, 0.3) is 0 Å². The van der Waals surface area contributed by atoms with E-state index >= 15 is 0 Å². The average molecular weight is 519 g/mol.